The second kappa shape index (κ2) is 6.20. The smallest absolute Gasteiger partial charge is 0.166 e. The third-order valence-corrected chi connectivity index (χ3v) is 4.61. The van der Waals surface area contributed by atoms with Gasteiger partial charge >= 0.3 is 0 Å². The zero-order valence-corrected chi connectivity index (χ0v) is 12.7. The largest absolute Gasteiger partial charge is 0.362 e. The summed E-state index contributed by atoms with van der Waals surface area (Å²) in [4.78, 5) is 2.59. The molecule has 2 heterocycles. The second-order valence-electron chi connectivity index (χ2n) is 6.32. The lowest BCUT2D eigenvalue weighted by atomic mass is 9.82. The molecular formula is C14H27N3S. The van der Waals surface area contributed by atoms with Gasteiger partial charge < -0.3 is 15.5 Å². The van der Waals surface area contributed by atoms with E-state index in [-0.39, 0.29) is 0 Å². The average molecular weight is 269 g/mol. The van der Waals surface area contributed by atoms with Crippen LogP contribution in [0, 0.1) is 5.92 Å². The maximum atomic E-state index is 5.38. The summed E-state index contributed by atoms with van der Waals surface area (Å²) < 4.78 is 0. The molecule has 2 unspecified atom stereocenters. The Bertz CT molecular complexity index is 279. The summed E-state index contributed by atoms with van der Waals surface area (Å²) in [5, 5.41) is 7.67. The first-order valence-electron chi connectivity index (χ1n) is 7.32. The molecule has 0 aromatic rings. The zero-order valence-electron chi connectivity index (χ0n) is 11.9. The highest BCUT2D eigenvalue weighted by Crippen LogP contribution is 2.32. The Morgan fingerprint density at radius 3 is 2.44 bits per heavy atom. The summed E-state index contributed by atoms with van der Waals surface area (Å²) in [7, 11) is 2.29. The topological polar surface area (TPSA) is 27.3 Å². The van der Waals surface area contributed by atoms with Crippen LogP contribution in [-0.4, -0.2) is 41.7 Å². The molecule has 104 valence electrons. The van der Waals surface area contributed by atoms with E-state index in [1.807, 2.05) is 0 Å². The highest BCUT2D eigenvalue weighted by Gasteiger charge is 2.35. The number of nitrogens with one attached hydrogen (secondary N) is 2. The average Bonchev–Trinajstić information content (AvgIpc) is 2.28. The fraction of sp³-hybridized carbons (Fsp3) is 0.929. The molecule has 0 aromatic heterocycles. The van der Waals surface area contributed by atoms with Gasteiger partial charge in [0.25, 0.3) is 0 Å². The van der Waals surface area contributed by atoms with Crippen molar-refractivity contribution >= 4 is 17.3 Å². The molecule has 0 spiro atoms. The number of hydrogen-bond donors (Lipinski definition) is 2. The van der Waals surface area contributed by atoms with Crippen molar-refractivity contribution < 1.29 is 0 Å². The maximum absolute atomic E-state index is 5.38. The van der Waals surface area contributed by atoms with Crippen LogP contribution in [0.1, 0.15) is 46.0 Å². The van der Waals surface area contributed by atoms with Gasteiger partial charge in [0, 0.05) is 24.7 Å². The third kappa shape index (κ3) is 3.58. The lowest BCUT2D eigenvalue weighted by molar-refractivity contribution is 0.0528. The first-order chi connectivity index (χ1) is 8.56. The van der Waals surface area contributed by atoms with E-state index in [0.29, 0.717) is 12.0 Å². The van der Waals surface area contributed by atoms with Gasteiger partial charge in [-0.2, -0.15) is 0 Å². The molecule has 2 bridgehead atoms. The van der Waals surface area contributed by atoms with Crippen molar-refractivity contribution in [2.75, 3.05) is 13.6 Å². The first kappa shape index (κ1) is 14.1. The van der Waals surface area contributed by atoms with E-state index in [4.69, 9.17) is 12.2 Å². The van der Waals surface area contributed by atoms with Gasteiger partial charge in [0.15, 0.2) is 5.11 Å². The van der Waals surface area contributed by atoms with Crippen LogP contribution in [0.5, 0.6) is 0 Å². The Kier molecular flexibility index (Phi) is 4.84. The van der Waals surface area contributed by atoms with E-state index in [1.54, 1.807) is 0 Å². The molecule has 0 aromatic carbocycles. The molecule has 2 saturated heterocycles. The van der Waals surface area contributed by atoms with Crippen molar-refractivity contribution in [1.82, 2.24) is 15.5 Å². The molecule has 0 amide bonds. The van der Waals surface area contributed by atoms with E-state index < -0.39 is 0 Å². The Hall–Kier alpha value is -0.350. The summed E-state index contributed by atoms with van der Waals surface area (Å²) >= 11 is 5.38. The van der Waals surface area contributed by atoms with Gasteiger partial charge in [-0.1, -0.05) is 20.3 Å². The van der Waals surface area contributed by atoms with Crippen LogP contribution in [0.25, 0.3) is 0 Å². The predicted molar refractivity (Wildman–Crippen MR) is 80.8 cm³/mol. The van der Waals surface area contributed by atoms with E-state index >= 15 is 0 Å². The molecule has 2 N–H and O–H groups in total. The van der Waals surface area contributed by atoms with E-state index in [9.17, 15) is 0 Å². The zero-order chi connectivity index (χ0) is 13.1. The van der Waals surface area contributed by atoms with E-state index in [1.165, 1.54) is 32.1 Å². The number of piperidine rings is 2. The summed E-state index contributed by atoms with van der Waals surface area (Å²) in [6.45, 7) is 5.37. The van der Waals surface area contributed by atoms with Gasteiger partial charge in [0.1, 0.15) is 0 Å². The van der Waals surface area contributed by atoms with Crippen LogP contribution in [0.4, 0.5) is 0 Å². The van der Waals surface area contributed by atoms with Gasteiger partial charge in [-0.05, 0) is 50.9 Å². The minimum atomic E-state index is 0.573. The summed E-state index contributed by atoms with van der Waals surface area (Å²) in [5.74, 6) is 0.640. The van der Waals surface area contributed by atoms with Crippen LogP contribution in [0.15, 0.2) is 0 Å². The molecule has 2 rings (SSSR count). The predicted octanol–water partition coefficient (Wildman–Crippen LogP) is 2.12. The molecule has 2 fully saturated rings. The van der Waals surface area contributed by atoms with Crippen LogP contribution in [0.3, 0.4) is 0 Å². The molecule has 4 heteroatoms. The van der Waals surface area contributed by atoms with Crippen molar-refractivity contribution in [1.29, 1.82) is 0 Å². The van der Waals surface area contributed by atoms with Crippen LogP contribution in [0.2, 0.25) is 0 Å². The number of fused-ring (bicyclic) bond motifs is 2. The quantitative estimate of drug-likeness (QED) is 0.768. The minimum Gasteiger partial charge on any atom is -0.362 e. The Labute approximate surface area is 117 Å². The molecule has 0 radical (unpaired) electrons. The lowest BCUT2D eigenvalue weighted by Gasteiger charge is -2.47. The fourth-order valence-electron chi connectivity index (χ4n) is 3.27. The molecular weight excluding hydrogens is 242 g/mol. The molecule has 2 aliphatic heterocycles. The molecule has 2 atom stereocenters. The maximum Gasteiger partial charge on any atom is 0.166 e. The number of nitrogens with zero attached hydrogens (tertiary/aromatic N) is 1. The van der Waals surface area contributed by atoms with Crippen molar-refractivity contribution in [3.05, 3.63) is 0 Å². The lowest BCUT2D eigenvalue weighted by Crippen LogP contribution is -2.56. The van der Waals surface area contributed by atoms with Gasteiger partial charge in [0.2, 0.25) is 0 Å². The van der Waals surface area contributed by atoms with Crippen LogP contribution < -0.4 is 10.6 Å². The fourth-order valence-corrected chi connectivity index (χ4v) is 3.52. The Morgan fingerprint density at radius 1 is 1.28 bits per heavy atom. The molecule has 0 aliphatic carbocycles. The van der Waals surface area contributed by atoms with E-state index in [0.717, 1.165) is 23.7 Å². The van der Waals surface area contributed by atoms with Crippen molar-refractivity contribution in [2.45, 2.75) is 64.1 Å². The van der Waals surface area contributed by atoms with Crippen LogP contribution >= 0.6 is 12.2 Å². The number of thiocarbonyl (C=S) groups is 1. The SMILES string of the molecule is CC(C)CNC(=S)NC1CC2CCCC(C1)N2C. The van der Waals surface area contributed by atoms with Gasteiger partial charge in [-0.3, -0.25) is 0 Å². The molecule has 3 nitrogen and oxygen atoms in total. The standard InChI is InChI=1S/C14H27N3S/c1-10(2)9-15-14(18)16-11-7-12-5-4-6-13(8-11)17(12)3/h10-13H,4-9H2,1-3H3,(H2,15,16,18). The monoisotopic (exact) mass is 269 g/mol. The molecule has 18 heavy (non-hydrogen) atoms. The molecule has 0 saturated carbocycles. The van der Waals surface area contributed by atoms with Gasteiger partial charge in [0.05, 0.1) is 0 Å². The van der Waals surface area contributed by atoms with Gasteiger partial charge in [-0.25, -0.2) is 0 Å². The minimum absolute atomic E-state index is 0.573. The van der Waals surface area contributed by atoms with Crippen molar-refractivity contribution in [3.8, 4) is 0 Å². The summed E-state index contributed by atoms with van der Waals surface area (Å²) in [5.41, 5.74) is 0. The van der Waals surface area contributed by atoms with Gasteiger partial charge in [-0.15, -0.1) is 0 Å². The highest BCUT2D eigenvalue weighted by atomic mass is 32.1. The molecule has 2 aliphatic rings. The summed E-state index contributed by atoms with van der Waals surface area (Å²) in [6.07, 6.45) is 6.62. The third-order valence-electron chi connectivity index (χ3n) is 4.35. The Morgan fingerprint density at radius 2 is 1.89 bits per heavy atom. The highest BCUT2D eigenvalue weighted by molar-refractivity contribution is 7.80. The normalized spacial score (nSPS) is 32.3. The second-order valence-corrected chi connectivity index (χ2v) is 6.73. The van der Waals surface area contributed by atoms with E-state index in [2.05, 4.69) is 36.4 Å². The number of rotatable bonds is 3. The van der Waals surface area contributed by atoms with Crippen LogP contribution in [-0.2, 0) is 0 Å². The number of hydrogen-bond acceptors (Lipinski definition) is 2. The Balaban J connectivity index is 1.79. The van der Waals surface area contributed by atoms with Crippen molar-refractivity contribution in [2.24, 2.45) is 5.92 Å². The summed E-state index contributed by atoms with van der Waals surface area (Å²) in [6, 6.07) is 2.11. The first-order valence-corrected chi connectivity index (χ1v) is 7.73. The van der Waals surface area contributed by atoms with Crippen molar-refractivity contribution in [3.63, 3.8) is 0 Å².